The van der Waals surface area contributed by atoms with Crippen molar-refractivity contribution in [1.29, 1.82) is 0 Å². The van der Waals surface area contributed by atoms with Gasteiger partial charge in [-0.2, -0.15) is 0 Å². The molecule has 4 nitrogen and oxygen atoms in total. The van der Waals surface area contributed by atoms with Crippen LogP contribution in [0.25, 0.3) is 6.08 Å². The normalized spacial score (nSPS) is 18.0. The van der Waals surface area contributed by atoms with Crippen molar-refractivity contribution in [2.45, 2.75) is 32.3 Å². The summed E-state index contributed by atoms with van der Waals surface area (Å²) in [5.74, 6) is 0.736. The maximum atomic E-state index is 12.2. The van der Waals surface area contributed by atoms with Gasteiger partial charge >= 0.3 is 0 Å². The fourth-order valence-corrected chi connectivity index (χ4v) is 2.46. The van der Waals surface area contributed by atoms with Crippen LogP contribution < -0.4 is 4.74 Å². The third kappa shape index (κ3) is 4.08. The molecule has 1 saturated heterocycles. The van der Waals surface area contributed by atoms with Crippen molar-refractivity contribution in [1.82, 2.24) is 4.90 Å². The lowest BCUT2D eigenvalue weighted by atomic mass is 9.94. The number of amides is 1. The molecule has 0 radical (unpaired) electrons. The van der Waals surface area contributed by atoms with Crippen molar-refractivity contribution in [2.75, 3.05) is 20.2 Å². The van der Waals surface area contributed by atoms with Gasteiger partial charge in [-0.1, -0.05) is 11.6 Å². The van der Waals surface area contributed by atoms with E-state index in [1.54, 1.807) is 24.2 Å². The molecule has 0 aliphatic carbocycles. The first-order valence-electron chi connectivity index (χ1n) is 7.25. The van der Waals surface area contributed by atoms with E-state index >= 15 is 0 Å². The van der Waals surface area contributed by atoms with Gasteiger partial charge in [0.2, 0.25) is 5.91 Å². The van der Waals surface area contributed by atoms with Gasteiger partial charge in [0.15, 0.2) is 0 Å². The van der Waals surface area contributed by atoms with Crippen molar-refractivity contribution in [3.8, 4) is 5.75 Å². The molecule has 1 aliphatic rings. The molecule has 1 aliphatic heterocycles. The SMILES string of the molecule is COc1ccc(C)cc1/C=C/C(=O)N1CCC(C)(O)CC1. The van der Waals surface area contributed by atoms with Crippen LogP contribution >= 0.6 is 0 Å². The van der Waals surface area contributed by atoms with Crippen LogP contribution in [0.15, 0.2) is 24.3 Å². The molecule has 1 heterocycles. The van der Waals surface area contributed by atoms with E-state index in [4.69, 9.17) is 4.74 Å². The lowest BCUT2D eigenvalue weighted by Crippen LogP contribution is -2.44. The van der Waals surface area contributed by atoms with E-state index in [9.17, 15) is 9.90 Å². The Morgan fingerprint density at radius 2 is 2.05 bits per heavy atom. The summed E-state index contributed by atoms with van der Waals surface area (Å²) in [4.78, 5) is 14.0. The Balaban J connectivity index is 2.04. The van der Waals surface area contributed by atoms with E-state index in [1.807, 2.05) is 32.0 Å². The zero-order valence-corrected chi connectivity index (χ0v) is 12.9. The van der Waals surface area contributed by atoms with Gasteiger partial charge in [0.1, 0.15) is 5.75 Å². The molecule has 114 valence electrons. The molecular formula is C17H23NO3. The van der Waals surface area contributed by atoms with E-state index in [2.05, 4.69) is 0 Å². The molecule has 21 heavy (non-hydrogen) atoms. The number of carbonyl (C=O) groups is 1. The fourth-order valence-electron chi connectivity index (χ4n) is 2.46. The van der Waals surface area contributed by atoms with Crippen LogP contribution in [0.3, 0.4) is 0 Å². The van der Waals surface area contributed by atoms with Crippen molar-refractivity contribution >= 4 is 12.0 Å². The Kier molecular flexibility index (Phi) is 4.68. The molecule has 0 atom stereocenters. The van der Waals surface area contributed by atoms with E-state index in [1.165, 1.54) is 0 Å². The summed E-state index contributed by atoms with van der Waals surface area (Å²) >= 11 is 0. The first-order chi connectivity index (χ1) is 9.91. The van der Waals surface area contributed by atoms with Crippen molar-refractivity contribution in [3.63, 3.8) is 0 Å². The zero-order chi connectivity index (χ0) is 15.5. The number of likely N-dealkylation sites (tertiary alicyclic amines) is 1. The lowest BCUT2D eigenvalue weighted by molar-refractivity contribution is -0.129. The molecule has 0 aromatic heterocycles. The zero-order valence-electron chi connectivity index (χ0n) is 12.9. The van der Waals surface area contributed by atoms with Crippen LogP contribution in [0, 0.1) is 6.92 Å². The molecule has 1 fully saturated rings. The van der Waals surface area contributed by atoms with E-state index in [0.29, 0.717) is 25.9 Å². The summed E-state index contributed by atoms with van der Waals surface area (Å²) in [6.45, 7) is 5.02. The lowest BCUT2D eigenvalue weighted by Gasteiger charge is -2.35. The van der Waals surface area contributed by atoms with Crippen molar-refractivity contribution in [3.05, 3.63) is 35.4 Å². The molecule has 1 aromatic carbocycles. The number of piperidine rings is 1. The number of hydrogen-bond acceptors (Lipinski definition) is 3. The molecule has 0 spiro atoms. The fraction of sp³-hybridized carbons (Fsp3) is 0.471. The third-order valence-corrected chi connectivity index (χ3v) is 3.94. The first kappa shape index (κ1) is 15.6. The summed E-state index contributed by atoms with van der Waals surface area (Å²) in [5, 5.41) is 9.91. The average Bonchev–Trinajstić information content (AvgIpc) is 2.45. The largest absolute Gasteiger partial charge is 0.496 e. The predicted octanol–water partition coefficient (Wildman–Crippen LogP) is 2.39. The highest BCUT2D eigenvalue weighted by atomic mass is 16.5. The van der Waals surface area contributed by atoms with Crippen LogP contribution in [-0.4, -0.2) is 41.7 Å². The maximum Gasteiger partial charge on any atom is 0.246 e. The molecule has 0 unspecified atom stereocenters. The number of benzene rings is 1. The molecule has 0 saturated carbocycles. The Morgan fingerprint density at radius 1 is 1.38 bits per heavy atom. The summed E-state index contributed by atoms with van der Waals surface area (Å²) in [6.07, 6.45) is 4.62. The van der Waals surface area contributed by atoms with Crippen LogP contribution in [0.1, 0.15) is 30.9 Å². The number of aryl methyl sites for hydroxylation is 1. The second-order valence-corrected chi connectivity index (χ2v) is 5.90. The summed E-state index contributed by atoms with van der Waals surface area (Å²) in [5.41, 5.74) is 1.38. The Morgan fingerprint density at radius 3 is 2.67 bits per heavy atom. The number of aliphatic hydroxyl groups is 1. The van der Waals surface area contributed by atoms with E-state index in [0.717, 1.165) is 16.9 Å². The quantitative estimate of drug-likeness (QED) is 0.869. The highest BCUT2D eigenvalue weighted by molar-refractivity contribution is 5.92. The number of hydrogen-bond donors (Lipinski definition) is 1. The van der Waals surface area contributed by atoms with Crippen molar-refractivity contribution < 1.29 is 14.6 Å². The molecule has 0 bridgehead atoms. The van der Waals surface area contributed by atoms with Gasteiger partial charge in [-0.25, -0.2) is 0 Å². The highest BCUT2D eigenvalue weighted by Crippen LogP contribution is 2.23. The Hall–Kier alpha value is -1.81. The molecule has 4 heteroatoms. The van der Waals surface area contributed by atoms with Crippen LogP contribution in [0.2, 0.25) is 0 Å². The Bertz CT molecular complexity index is 539. The van der Waals surface area contributed by atoms with Gasteiger partial charge in [0, 0.05) is 24.7 Å². The van der Waals surface area contributed by atoms with E-state index < -0.39 is 5.60 Å². The smallest absolute Gasteiger partial charge is 0.246 e. The minimum Gasteiger partial charge on any atom is -0.496 e. The molecule has 1 amide bonds. The van der Waals surface area contributed by atoms with Gasteiger partial charge in [-0.3, -0.25) is 4.79 Å². The highest BCUT2D eigenvalue weighted by Gasteiger charge is 2.28. The number of methoxy groups -OCH3 is 1. The van der Waals surface area contributed by atoms with Gasteiger partial charge in [0.05, 0.1) is 12.7 Å². The van der Waals surface area contributed by atoms with E-state index in [-0.39, 0.29) is 5.91 Å². The van der Waals surface area contributed by atoms with Crippen LogP contribution in [0.4, 0.5) is 0 Å². The third-order valence-electron chi connectivity index (χ3n) is 3.94. The molecule has 2 rings (SSSR count). The van der Waals surface area contributed by atoms with Gasteiger partial charge in [-0.05, 0) is 44.9 Å². The minimum absolute atomic E-state index is 0.0194. The summed E-state index contributed by atoms with van der Waals surface area (Å²) in [7, 11) is 1.62. The Labute approximate surface area is 126 Å². The maximum absolute atomic E-state index is 12.2. The number of carbonyl (C=O) groups excluding carboxylic acids is 1. The molecule has 1 aromatic rings. The summed E-state index contributed by atoms with van der Waals surface area (Å²) < 4.78 is 5.30. The standard InChI is InChI=1S/C17H23NO3/c1-13-4-6-15(21-3)14(12-13)5-7-16(19)18-10-8-17(2,20)9-11-18/h4-7,12,20H,8-11H2,1-3H3/b7-5+. The predicted molar refractivity (Wildman–Crippen MR) is 83.2 cm³/mol. The second kappa shape index (κ2) is 6.31. The van der Waals surface area contributed by atoms with Crippen LogP contribution in [-0.2, 0) is 4.79 Å². The first-order valence-corrected chi connectivity index (χ1v) is 7.25. The van der Waals surface area contributed by atoms with Gasteiger partial charge in [-0.15, -0.1) is 0 Å². The average molecular weight is 289 g/mol. The monoisotopic (exact) mass is 289 g/mol. The minimum atomic E-state index is -0.639. The van der Waals surface area contributed by atoms with Gasteiger partial charge < -0.3 is 14.7 Å². The topological polar surface area (TPSA) is 49.8 Å². The second-order valence-electron chi connectivity index (χ2n) is 5.90. The summed E-state index contributed by atoms with van der Waals surface area (Å²) in [6, 6.07) is 5.87. The van der Waals surface area contributed by atoms with Crippen LogP contribution in [0.5, 0.6) is 5.75 Å². The number of rotatable bonds is 3. The number of ether oxygens (including phenoxy) is 1. The van der Waals surface area contributed by atoms with Gasteiger partial charge in [0.25, 0.3) is 0 Å². The number of nitrogens with zero attached hydrogens (tertiary/aromatic N) is 1. The molecular weight excluding hydrogens is 266 g/mol. The van der Waals surface area contributed by atoms with Crippen molar-refractivity contribution in [2.24, 2.45) is 0 Å². The molecule has 1 N–H and O–H groups in total.